The van der Waals surface area contributed by atoms with Gasteiger partial charge in [0.05, 0.1) is 0 Å². The van der Waals surface area contributed by atoms with Crippen LogP contribution in [0.15, 0.2) is 22.3 Å². The van der Waals surface area contributed by atoms with Crippen molar-refractivity contribution >= 4 is 0 Å². The molecule has 11 bridgehead atoms. The Balaban J connectivity index is 1.63. The van der Waals surface area contributed by atoms with Crippen LogP contribution in [0.3, 0.4) is 0 Å². The van der Waals surface area contributed by atoms with Gasteiger partial charge >= 0.3 is 0 Å². The summed E-state index contributed by atoms with van der Waals surface area (Å²) in [6.07, 6.45) is 9.35. The molecule has 7 fully saturated rings. The highest BCUT2D eigenvalue weighted by molar-refractivity contribution is 5.66. The van der Waals surface area contributed by atoms with Gasteiger partial charge in [0.15, 0.2) is 0 Å². The van der Waals surface area contributed by atoms with Crippen molar-refractivity contribution in [3.05, 3.63) is 22.3 Å². The second kappa shape index (κ2) is 2.33. The fourth-order valence-corrected chi connectivity index (χ4v) is 11.0. The lowest BCUT2D eigenvalue weighted by Gasteiger charge is -2.81. The predicted molar refractivity (Wildman–Crippen MR) is 81.3 cm³/mol. The van der Waals surface area contributed by atoms with Gasteiger partial charge < -0.3 is 0 Å². The first kappa shape index (κ1) is 10.3. The molecule has 9 atom stereocenters. The Morgan fingerprint density at radius 2 is 1.90 bits per heavy atom. The molecule has 10 rings (SSSR count). The molecule has 10 aliphatic carbocycles. The fourth-order valence-electron chi connectivity index (χ4n) is 11.0. The molecule has 0 aliphatic heterocycles. The van der Waals surface area contributed by atoms with Gasteiger partial charge in [-0.2, -0.15) is 0 Å². The maximum Gasteiger partial charge on any atom is 0.00815 e. The summed E-state index contributed by atoms with van der Waals surface area (Å²) >= 11 is 0. The molecule has 108 valence electrons. The van der Waals surface area contributed by atoms with Gasteiger partial charge in [0.2, 0.25) is 0 Å². The highest BCUT2D eigenvalue weighted by atomic mass is 14.9. The van der Waals surface area contributed by atoms with Crippen LogP contribution in [0.1, 0.15) is 52.4 Å². The predicted octanol–water partition coefficient (Wildman–Crippen LogP) is 4.73. The molecule has 9 unspecified atom stereocenters. The van der Waals surface area contributed by atoms with E-state index >= 15 is 0 Å². The van der Waals surface area contributed by atoms with Crippen molar-refractivity contribution in [1.29, 1.82) is 0 Å². The van der Waals surface area contributed by atoms with Gasteiger partial charge in [-0.05, 0) is 95.5 Å². The first-order valence-electron chi connectivity index (χ1n) is 9.58. The highest BCUT2D eigenvalue weighted by Gasteiger charge is 2.85. The summed E-state index contributed by atoms with van der Waals surface area (Å²) in [6.45, 7) is 5.51. The Morgan fingerprint density at radius 3 is 2.81 bits per heavy atom. The minimum atomic E-state index is 0.636. The molecular formula is C21H24. The van der Waals surface area contributed by atoms with Crippen molar-refractivity contribution in [2.45, 2.75) is 52.4 Å². The van der Waals surface area contributed by atoms with Crippen LogP contribution in [-0.2, 0) is 0 Å². The highest BCUT2D eigenvalue weighted by Crippen LogP contribution is 2.93. The molecule has 0 nitrogen and oxygen atoms in total. The molecule has 1 spiro atoms. The van der Waals surface area contributed by atoms with Crippen LogP contribution in [0.25, 0.3) is 0 Å². The van der Waals surface area contributed by atoms with Crippen LogP contribution in [0.4, 0.5) is 0 Å². The average Bonchev–Trinajstić information content (AvgIpc) is 3.09. The van der Waals surface area contributed by atoms with Crippen LogP contribution >= 0.6 is 0 Å². The molecule has 0 aromatic heterocycles. The molecule has 0 N–H and O–H groups in total. The molecule has 21 heavy (non-hydrogen) atoms. The normalized spacial score (nSPS) is 72.3. The van der Waals surface area contributed by atoms with E-state index in [1.807, 2.05) is 22.3 Å². The zero-order valence-corrected chi connectivity index (χ0v) is 13.2. The van der Waals surface area contributed by atoms with Crippen LogP contribution in [0, 0.1) is 51.8 Å². The van der Waals surface area contributed by atoms with Crippen molar-refractivity contribution in [2.24, 2.45) is 51.8 Å². The van der Waals surface area contributed by atoms with Gasteiger partial charge in [-0.3, -0.25) is 0 Å². The second-order valence-corrected chi connectivity index (χ2v) is 10.6. The van der Waals surface area contributed by atoms with E-state index in [1.54, 1.807) is 25.7 Å². The van der Waals surface area contributed by atoms with Crippen molar-refractivity contribution in [1.82, 2.24) is 0 Å². The molecule has 0 heterocycles. The summed E-state index contributed by atoms with van der Waals surface area (Å²) in [5.41, 5.74) is 10.1. The van der Waals surface area contributed by atoms with Crippen LogP contribution in [0.2, 0.25) is 0 Å². The summed E-state index contributed by atoms with van der Waals surface area (Å²) in [5, 5.41) is 0. The number of hydrogen-bond acceptors (Lipinski definition) is 0. The van der Waals surface area contributed by atoms with E-state index < -0.39 is 0 Å². The second-order valence-electron chi connectivity index (χ2n) is 10.6. The smallest absolute Gasteiger partial charge is 0.00815 e. The van der Waals surface area contributed by atoms with E-state index in [2.05, 4.69) is 13.8 Å². The van der Waals surface area contributed by atoms with Crippen LogP contribution in [-0.4, -0.2) is 0 Å². The Bertz CT molecular complexity index is 752. The molecule has 0 saturated heterocycles. The summed E-state index contributed by atoms with van der Waals surface area (Å²) in [6, 6.07) is 0. The summed E-state index contributed by atoms with van der Waals surface area (Å²) in [7, 11) is 0. The van der Waals surface area contributed by atoms with Gasteiger partial charge in [0.25, 0.3) is 0 Å². The van der Waals surface area contributed by atoms with Crippen molar-refractivity contribution in [3.63, 3.8) is 0 Å². The topological polar surface area (TPSA) is 0 Å². The third-order valence-electron chi connectivity index (χ3n) is 11.0. The zero-order valence-electron chi connectivity index (χ0n) is 13.2. The zero-order chi connectivity index (χ0) is 13.5. The standard InChI is InChI=1S/C21H24/c1-19-8-13-14-11-3-4-12(17(14)19)16(11)20(2)10-5-9-6-21(19,7-10)15(9)18(13)20/h9-10,13,15,17-18H,3-8H2,1-2H3. The van der Waals surface area contributed by atoms with Crippen LogP contribution < -0.4 is 0 Å². The van der Waals surface area contributed by atoms with Crippen molar-refractivity contribution in [2.75, 3.05) is 0 Å². The maximum absolute atomic E-state index is 2.76. The quantitative estimate of drug-likeness (QED) is 0.600. The number of hydrogen-bond donors (Lipinski definition) is 0. The van der Waals surface area contributed by atoms with Gasteiger partial charge in [0, 0.05) is 5.92 Å². The Hall–Kier alpha value is -0.520. The fraction of sp³-hybridized carbons (Fsp3) is 0.810. The minimum absolute atomic E-state index is 0.636. The molecule has 0 heteroatoms. The van der Waals surface area contributed by atoms with E-state index in [1.165, 1.54) is 12.8 Å². The first-order valence-corrected chi connectivity index (χ1v) is 9.58. The Labute approximate surface area is 127 Å². The van der Waals surface area contributed by atoms with Gasteiger partial charge in [-0.1, -0.05) is 25.0 Å². The van der Waals surface area contributed by atoms with Gasteiger partial charge in [-0.15, -0.1) is 0 Å². The lowest BCUT2D eigenvalue weighted by atomic mass is 9.23. The lowest BCUT2D eigenvalue weighted by molar-refractivity contribution is -0.315. The van der Waals surface area contributed by atoms with Gasteiger partial charge in [0.1, 0.15) is 0 Å². The number of rotatable bonds is 0. The lowest BCUT2D eigenvalue weighted by Crippen LogP contribution is -2.75. The monoisotopic (exact) mass is 276 g/mol. The SMILES string of the molecule is CC12C3=C4CCC3=C3C5CC(C)(C43)C34CC(CC1C3)C4C52. The van der Waals surface area contributed by atoms with E-state index in [4.69, 9.17) is 0 Å². The Morgan fingerprint density at radius 1 is 1.00 bits per heavy atom. The minimum Gasteiger partial charge on any atom is -0.0582 e. The van der Waals surface area contributed by atoms with E-state index in [-0.39, 0.29) is 0 Å². The third kappa shape index (κ3) is 0.614. The third-order valence-corrected chi connectivity index (χ3v) is 11.0. The number of allylic oxidation sites excluding steroid dienone is 4. The molecule has 0 radical (unpaired) electrons. The van der Waals surface area contributed by atoms with E-state index in [0.717, 1.165) is 40.9 Å². The molecular weight excluding hydrogens is 252 g/mol. The van der Waals surface area contributed by atoms with Crippen molar-refractivity contribution < 1.29 is 0 Å². The Kier molecular flexibility index (Phi) is 1.14. The molecule has 0 aromatic carbocycles. The maximum atomic E-state index is 2.76. The molecule has 0 aromatic rings. The molecule has 0 amide bonds. The summed E-state index contributed by atoms with van der Waals surface area (Å²) in [4.78, 5) is 0. The summed E-state index contributed by atoms with van der Waals surface area (Å²) < 4.78 is 0. The van der Waals surface area contributed by atoms with Crippen LogP contribution in [0.5, 0.6) is 0 Å². The van der Waals surface area contributed by atoms with Crippen molar-refractivity contribution in [3.8, 4) is 0 Å². The first-order chi connectivity index (χ1) is 10.1. The van der Waals surface area contributed by atoms with E-state index in [9.17, 15) is 0 Å². The summed E-state index contributed by atoms with van der Waals surface area (Å²) in [5.74, 6) is 6.43. The average molecular weight is 276 g/mol. The molecule has 10 aliphatic rings. The molecule has 7 saturated carbocycles. The largest absolute Gasteiger partial charge is 0.0582 e. The van der Waals surface area contributed by atoms with E-state index in [0.29, 0.717) is 10.8 Å². The van der Waals surface area contributed by atoms with Gasteiger partial charge in [-0.25, -0.2) is 0 Å².